The normalized spacial score (nSPS) is 21.3. The first-order valence-corrected chi connectivity index (χ1v) is 12.1. The van der Waals surface area contributed by atoms with Crippen LogP contribution < -0.4 is 20.1 Å². The molecule has 3 heterocycles. The summed E-state index contributed by atoms with van der Waals surface area (Å²) in [6.07, 6.45) is 16.7. The molecule has 1 aromatic carbocycles. The number of nitrogens with one attached hydrogen (secondary N) is 2. The van der Waals surface area contributed by atoms with Crippen molar-refractivity contribution in [3.63, 3.8) is 0 Å². The molecule has 3 aromatic rings. The van der Waals surface area contributed by atoms with Crippen LogP contribution in [0.1, 0.15) is 42.8 Å². The van der Waals surface area contributed by atoms with Gasteiger partial charge in [-0.25, -0.2) is 0 Å². The molecule has 0 saturated heterocycles. The molecule has 0 bridgehead atoms. The van der Waals surface area contributed by atoms with Crippen molar-refractivity contribution >= 4 is 11.8 Å². The summed E-state index contributed by atoms with van der Waals surface area (Å²) < 4.78 is 12.8. The van der Waals surface area contributed by atoms with Crippen molar-refractivity contribution in [3.05, 3.63) is 102 Å². The molecule has 36 heavy (non-hydrogen) atoms. The maximum Gasteiger partial charge on any atom is 0.131 e. The van der Waals surface area contributed by atoms with Gasteiger partial charge in [-0.15, -0.1) is 0 Å². The summed E-state index contributed by atoms with van der Waals surface area (Å²) >= 11 is 0. The Kier molecular flexibility index (Phi) is 8.25. The number of rotatable bonds is 9. The minimum absolute atomic E-state index is 0.347. The fourth-order valence-corrected chi connectivity index (χ4v) is 4.50. The number of nitrogens with zero attached hydrogens (tertiary/aromatic N) is 2. The van der Waals surface area contributed by atoms with Crippen molar-refractivity contribution in [2.75, 3.05) is 20.8 Å². The quantitative estimate of drug-likeness (QED) is 0.375. The van der Waals surface area contributed by atoms with E-state index in [4.69, 9.17) is 9.47 Å². The molecular formula is C29H34N4O3. The monoisotopic (exact) mass is 486 g/mol. The lowest BCUT2D eigenvalue weighted by atomic mass is 9.87. The number of aromatic nitrogens is 2. The Balaban J connectivity index is 1.55. The van der Waals surface area contributed by atoms with Gasteiger partial charge in [-0.2, -0.15) is 0 Å². The molecule has 3 N–H and O–H groups in total. The molecule has 4 rings (SSSR count). The van der Waals surface area contributed by atoms with Gasteiger partial charge in [0.2, 0.25) is 0 Å². The fourth-order valence-electron chi connectivity index (χ4n) is 4.50. The third kappa shape index (κ3) is 5.70. The first-order chi connectivity index (χ1) is 17.6. The minimum Gasteiger partial charge on any atom is -0.497 e. The van der Waals surface area contributed by atoms with E-state index in [1.165, 1.54) is 0 Å². The molecule has 0 aliphatic carbocycles. The molecule has 2 atom stereocenters. The van der Waals surface area contributed by atoms with Gasteiger partial charge in [0.15, 0.2) is 0 Å². The highest BCUT2D eigenvalue weighted by atomic mass is 16.5. The van der Waals surface area contributed by atoms with E-state index in [-0.39, 0.29) is 5.54 Å². The van der Waals surface area contributed by atoms with E-state index in [1.54, 1.807) is 26.5 Å². The van der Waals surface area contributed by atoms with E-state index in [0.29, 0.717) is 23.6 Å². The number of allylic oxidation sites excluding steroid dienone is 4. The zero-order valence-corrected chi connectivity index (χ0v) is 21.0. The lowest BCUT2D eigenvalue weighted by Gasteiger charge is -2.35. The van der Waals surface area contributed by atoms with E-state index in [2.05, 4.69) is 75.9 Å². The molecule has 7 heteroatoms. The Morgan fingerprint density at radius 2 is 1.94 bits per heavy atom. The summed E-state index contributed by atoms with van der Waals surface area (Å²) in [5.41, 5.74) is 3.61. The van der Waals surface area contributed by atoms with Crippen molar-refractivity contribution in [3.8, 4) is 11.5 Å². The number of pyridine rings is 1. The Morgan fingerprint density at radius 3 is 2.64 bits per heavy atom. The topological polar surface area (TPSA) is 80.6 Å². The molecule has 0 radical (unpaired) electrons. The van der Waals surface area contributed by atoms with Crippen LogP contribution in [-0.4, -0.2) is 35.4 Å². The number of hydrogen-bond donors (Lipinski definition) is 3. The maximum absolute atomic E-state index is 10.9. The van der Waals surface area contributed by atoms with Crippen LogP contribution in [0.3, 0.4) is 0 Å². The number of ether oxygens (including phenoxy) is 2. The second kappa shape index (κ2) is 11.7. The lowest BCUT2D eigenvalue weighted by molar-refractivity contribution is 0.133. The summed E-state index contributed by atoms with van der Waals surface area (Å²) in [6.45, 7) is 2.75. The second-order valence-electron chi connectivity index (χ2n) is 8.67. The molecule has 7 nitrogen and oxygen atoms in total. The van der Waals surface area contributed by atoms with Crippen molar-refractivity contribution in [1.82, 2.24) is 20.2 Å². The summed E-state index contributed by atoms with van der Waals surface area (Å²) in [6, 6.07) is 13.6. The van der Waals surface area contributed by atoms with Gasteiger partial charge in [0.1, 0.15) is 17.7 Å². The first-order valence-electron chi connectivity index (χ1n) is 12.1. The average molecular weight is 487 g/mol. The van der Waals surface area contributed by atoms with E-state index in [9.17, 15) is 5.11 Å². The van der Waals surface area contributed by atoms with Gasteiger partial charge in [-0.05, 0) is 67.1 Å². The number of fused-ring (bicyclic) bond motifs is 1. The molecule has 2 unspecified atom stereocenters. The molecule has 0 spiro atoms. The molecule has 2 aromatic heterocycles. The van der Waals surface area contributed by atoms with E-state index in [0.717, 1.165) is 29.7 Å². The van der Waals surface area contributed by atoms with Gasteiger partial charge < -0.3 is 24.5 Å². The second-order valence-corrected chi connectivity index (χ2v) is 8.67. The maximum atomic E-state index is 10.9. The van der Waals surface area contributed by atoms with Crippen LogP contribution in [-0.2, 0) is 5.54 Å². The minimum atomic E-state index is -0.857. The van der Waals surface area contributed by atoms with Crippen molar-refractivity contribution in [2.24, 2.45) is 0 Å². The van der Waals surface area contributed by atoms with E-state index < -0.39 is 6.23 Å². The van der Waals surface area contributed by atoms with Crippen LogP contribution in [0.4, 0.5) is 0 Å². The smallest absolute Gasteiger partial charge is 0.131 e. The number of aliphatic hydroxyl groups excluding tert-OH is 1. The Bertz CT molecular complexity index is 1210. The molecule has 188 valence electrons. The van der Waals surface area contributed by atoms with Gasteiger partial charge in [0.05, 0.1) is 19.8 Å². The van der Waals surface area contributed by atoms with Crippen LogP contribution in [0.2, 0.25) is 0 Å². The third-order valence-electron chi connectivity index (χ3n) is 6.59. The van der Waals surface area contributed by atoms with E-state index in [1.807, 2.05) is 30.6 Å². The lowest BCUT2D eigenvalue weighted by Crippen LogP contribution is -2.43. The number of aliphatic hydroxyl groups is 1. The predicted molar refractivity (Wildman–Crippen MR) is 143 cm³/mol. The molecule has 0 saturated carbocycles. The fraction of sp³-hybridized carbons (Fsp3) is 0.276. The predicted octanol–water partition coefficient (Wildman–Crippen LogP) is 4.85. The standard InChI is InChI=1S/C29H34N4O3/c1-4-29(12-15-31-28(34)24-18-25(35-2)20-26(19-24)36-3)27-10-7-17-33(27)16-6-9-22(11-14-32-29)23-8-5-13-30-21-23/h5-11,13-14,16-21,28,31-32,34H,4,12,15H2,1-3H3/b14-11+,16-6+,22-9+. The van der Waals surface area contributed by atoms with Gasteiger partial charge in [0, 0.05) is 54.2 Å². The Labute approximate surface area is 212 Å². The highest BCUT2D eigenvalue weighted by Crippen LogP contribution is 2.31. The van der Waals surface area contributed by atoms with Crippen LogP contribution in [0.25, 0.3) is 11.8 Å². The zero-order valence-electron chi connectivity index (χ0n) is 21.0. The number of hydrogen-bond acceptors (Lipinski definition) is 6. The Hall–Kier alpha value is -3.81. The van der Waals surface area contributed by atoms with Crippen LogP contribution >= 0.6 is 0 Å². The number of methoxy groups -OCH3 is 2. The summed E-state index contributed by atoms with van der Waals surface area (Å²) in [7, 11) is 3.20. The van der Waals surface area contributed by atoms with E-state index >= 15 is 0 Å². The van der Waals surface area contributed by atoms with Crippen LogP contribution in [0.5, 0.6) is 11.5 Å². The highest BCUT2D eigenvalue weighted by Gasteiger charge is 2.31. The molecule has 0 fully saturated rings. The third-order valence-corrected chi connectivity index (χ3v) is 6.59. The van der Waals surface area contributed by atoms with Crippen molar-refractivity contribution in [2.45, 2.75) is 31.5 Å². The highest BCUT2D eigenvalue weighted by molar-refractivity contribution is 5.75. The van der Waals surface area contributed by atoms with Gasteiger partial charge >= 0.3 is 0 Å². The zero-order chi connectivity index (χ0) is 25.4. The van der Waals surface area contributed by atoms with Gasteiger partial charge in [-0.3, -0.25) is 10.3 Å². The van der Waals surface area contributed by atoms with Crippen LogP contribution in [0.15, 0.2) is 85.5 Å². The molecule has 0 amide bonds. The summed E-state index contributed by atoms with van der Waals surface area (Å²) in [5.74, 6) is 1.27. The molecule has 1 aliphatic rings. The van der Waals surface area contributed by atoms with Crippen molar-refractivity contribution in [1.29, 1.82) is 0 Å². The Morgan fingerprint density at radius 1 is 1.14 bits per heavy atom. The summed E-state index contributed by atoms with van der Waals surface area (Å²) in [5, 5.41) is 17.8. The van der Waals surface area contributed by atoms with Crippen molar-refractivity contribution < 1.29 is 14.6 Å². The molecular weight excluding hydrogens is 452 g/mol. The largest absolute Gasteiger partial charge is 0.497 e. The first kappa shape index (κ1) is 25.3. The SMILES string of the molecule is CCC1(CCNC(O)c2cc(OC)cc(OC)c2)N/C=C/C(c2cccnc2)=C\C=C\n2cccc21. The van der Waals surface area contributed by atoms with Crippen LogP contribution in [0, 0.1) is 0 Å². The number of benzene rings is 1. The van der Waals surface area contributed by atoms with Gasteiger partial charge in [-0.1, -0.05) is 19.1 Å². The average Bonchev–Trinajstić information content (AvgIpc) is 3.40. The summed E-state index contributed by atoms with van der Waals surface area (Å²) in [4.78, 5) is 4.26. The molecule has 1 aliphatic heterocycles. The van der Waals surface area contributed by atoms with Gasteiger partial charge in [0.25, 0.3) is 0 Å².